The summed E-state index contributed by atoms with van der Waals surface area (Å²) in [6, 6.07) is 0.822. The predicted octanol–water partition coefficient (Wildman–Crippen LogP) is -0.533. The fraction of sp³-hybridized carbons (Fsp3) is 0.833. The first-order valence-electron chi connectivity index (χ1n) is 12.4. The number of carbonyl (C=O) groups excluding carboxylic acids is 2. The van der Waals surface area contributed by atoms with Gasteiger partial charge in [-0.1, -0.05) is 11.8 Å². The summed E-state index contributed by atoms with van der Waals surface area (Å²) in [6.45, 7) is 10.6. The van der Waals surface area contributed by atoms with E-state index in [-0.39, 0.29) is 11.8 Å². The van der Waals surface area contributed by atoms with Gasteiger partial charge in [0.2, 0.25) is 11.8 Å². The minimum Gasteiger partial charge on any atom is -0.337 e. The molecule has 0 aliphatic carbocycles. The molecule has 0 aromatic rings. The third kappa shape index (κ3) is 6.02. The predicted molar refractivity (Wildman–Crippen MR) is 125 cm³/mol. The summed E-state index contributed by atoms with van der Waals surface area (Å²) in [5.74, 6) is 7.33. The van der Waals surface area contributed by atoms with Gasteiger partial charge < -0.3 is 9.80 Å². The van der Waals surface area contributed by atoms with Gasteiger partial charge in [0.25, 0.3) is 0 Å². The maximum Gasteiger partial charge on any atom is 0.237 e. The number of amides is 2. The first kappa shape index (κ1) is 23.5. The largest absolute Gasteiger partial charge is 0.337 e. The van der Waals surface area contributed by atoms with E-state index >= 15 is 0 Å². The van der Waals surface area contributed by atoms with Crippen LogP contribution in [0.4, 0.5) is 0 Å². The molecule has 0 unspecified atom stereocenters. The number of piperazine rings is 2. The average molecular weight is 445 g/mol. The van der Waals surface area contributed by atoms with Gasteiger partial charge in [-0.2, -0.15) is 0 Å². The summed E-state index contributed by atoms with van der Waals surface area (Å²) in [6.07, 6.45) is 4.26. The summed E-state index contributed by atoms with van der Waals surface area (Å²) in [5, 5.41) is 0. The van der Waals surface area contributed by atoms with Crippen LogP contribution in [0.2, 0.25) is 0 Å². The Morgan fingerprint density at radius 2 is 1.00 bits per heavy atom. The van der Waals surface area contributed by atoms with Crippen molar-refractivity contribution in [2.24, 2.45) is 0 Å². The highest BCUT2D eigenvalue weighted by Gasteiger charge is 2.31. The molecule has 2 amide bonds. The number of carbonyl (C=O) groups is 2. The Labute approximate surface area is 193 Å². The maximum atomic E-state index is 12.3. The van der Waals surface area contributed by atoms with E-state index in [1.807, 2.05) is 14.1 Å². The van der Waals surface area contributed by atoms with Crippen molar-refractivity contribution in [2.75, 3.05) is 92.6 Å². The van der Waals surface area contributed by atoms with Crippen molar-refractivity contribution in [1.29, 1.82) is 0 Å². The van der Waals surface area contributed by atoms with Gasteiger partial charge in [-0.05, 0) is 39.8 Å². The fourth-order valence-corrected chi connectivity index (χ4v) is 5.49. The van der Waals surface area contributed by atoms with Crippen LogP contribution < -0.4 is 0 Å². The Kier molecular flexibility index (Phi) is 8.06. The zero-order chi connectivity index (χ0) is 22.5. The highest BCUT2D eigenvalue weighted by atomic mass is 16.2. The minimum atomic E-state index is 0.290. The van der Waals surface area contributed by atoms with Crippen LogP contribution in [0.15, 0.2) is 0 Å². The van der Waals surface area contributed by atoms with E-state index in [4.69, 9.17) is 0 Å². The van der Waals surface area contributed by atoms with Crippen LogP contribution in [-0.2, 0) is 9.59 Å². The summed E-state index contributed by atoms with van der Waals surface area (Å²) in [7, 11) is 4.04. The maximum absolute atomic E-state index is 12.3. The molecule has 4 fully saturated rings. The molecule has 178 valence electrons. The van der Waals surface area contributed by atoms with Gasteiger partial charge in [0.05, 0.1) is 26.2 Å². The Balaban J connectivity index is 1.12. The quantitative estimate of drug-likeness (QED) is 0.544. The van der Waals surface area contributed by atoms with Crippen molar-refractivity contribution in [3.05, 3.63) is 0 Å². The first-order valence-corrected chi connectivity index (χ1v) is 12.4. The number of likely N-dealkylation sites (N-methyl/N-ethyl adjacent to an activating group) is 2. The zero-order valence-electron chi connectivity index (χ0n) is 20.0. The molecule has 0 atom stereocenters. The lowest BCUT2D eigenvalue weighted by atomic mass is 10.0. The Morgan fingerprint density at radius 3 is 1.34 bits per heavy atom. The molecule has 4 aliphatic rings. The normalized spacial score (nSPS) is 26.4. The Morgan fingerprint density at radius 1 is 0.625 bits per heavy atom. The van der Waals surface area contributed by atoms with Crippen LogP contribution in [0.25, 0.3) is 0 Å². The second-order valence-electron chi connectivity index (χ2n) is 10.0. The number of hydrogen-bond acceptors (Lipinski definition) is 6. The van der Waals surface area contributed by atoms with E-state index in [9.17, 15) is 9.59 Å². The third-order valence-corrected chi connectivity index (χ3v) is 7.62. The van der Waals surface area contributed by atoms with E-state index in [0.717, 1.165) is 91.1 Å². The molecule has 8 heteroatoms. The van der Waals surface area contributed by atoms with Crippen molar-refractivity contribution >= 4 is 11.8 Å². The van der Waals surface area contributed by atoms with Gasteiger partial charge in [-0.25, -0.2) is 0 Å². The van der Waals surface area contributed by atoms with Crippen molar-refractivity contribution in [1.82, 2.24) is 29.4 Å². The molecule has 0 bridgehead atoms. The highest BCUT2D eigenvalue weighted by Crippen LogP contribution is 2.19. The van der Waals surface area contributed by atoms with Crippen LogP contribution in [0.1, 0.15) is 25.7 Å². The Hall–Kier alpha value is -1.66. The molecule has 0 spiro atoms. The van der Waals surface area contributed by atoms with Crippen molar-refractivity contribution in [3.63, 3.8) is 0 Å². The van der Waals surface area contributed by atoms with Crippen molar-refractivity contribution in [2.45, 2.75) is 37.8 Å². The van der Waals surface area contributed by atoms with Gasteiger partial charge in [-0.15, -0.1) is 0 Å². The number of piperidine rings is 2. The smallest absolute Gasteiger partial charge is 0.237 e. The molecular weight excluding hydrogens is 404 g/mol. The Bertz CT molecular complexity index is 660. The van der Waals surface area contributed by atoms with Gasteiger partial charge in [-0.3, -0.25) is 29.2 Å². The number of hydrogen-bond donors (Lipinski definition) is 0. The highest BCUT2D eigenvalue weighted by molar-refractivity contribution is 5.79. The van der Waals surface area contributed by atoms with E-state index in [2.05, 4.69) is 41.2 Å². The summed E-state index contributed by atoms with van der Waals surface area (Å²) in [5.41, 5.74) is 0. The van der Waals surface area contributed by atoms with E-state index < -0.39 is 0 Å². The zero-order valence-corrected chi connectivity index (χ0v) is 20.0. The van der Waals surface area contributed by atoms with Crippen LogP contribution in [0.5, 0.6) is 0 Å². The van der Waals surface area contributed by atoms with Gasteiger partial charge >= 0.3 is 0 Å². The molecular formula is C24H40N6O2. The SMILES string of the molecule is CN1CCN(C2CCN(CC#CCN3CCC(N4CCN(C)CC4=O)CC3)CC2)C(=O)C1. The molecule has 0 aromatic heterocycles. The molecule has 32 heavy (non-hydrogen) atoms. The average Bonchev–Trinajstić information content (AvgIpc) is 2.78. The molecule has 0 saturated carbocycles. The van der Waals surface area contributed by atoms with E-state index in [0.29, 0.717) is 25.2 Å². The molecule has 8 nitrogen and oxygen atoms in total. The van der Waals surface area contributed by atoms with Crippen LogP contribution in [-0.4, -0.2) is 146 Å². The lowest BCUT2D eigenvalue weighted by Gasteiger charge is -2.41. The fourth-order valence-electron chi connectivity index (χ4n) is 5.49. The molecule has 4 heterocycles. The second kappa shape index (κ2) is 11.0. The van der Waals surface area contributed by atoms with Crippen molar-refractivity contribution in [3.8, 4) is 11.8 Å². The summed E-state index contributed by atoms with van der Waals surface area (Å²) < 4.78 is 0. The monoisotopic (exact) mass is 444 g/mol. The summed E-state index contributed by atoms with van der Waals surface area (Å²) in [4.78, 5) is 37.9. The first-order chi connectivity index (χ1) is 15.5. The minimum absolute atomic E-state index is 0.290. The molecule has 4 aliphatic heterocycles. The van der Waals surface area contributed by atoms with Crippen LogP contribution in [0.3, 0.4) is 0 Å². The molecule has 4 rings (SSSR count). The molecule has 4 saturated heterocycles. The topological polar surface area (TPSA) is 53.6 Å². The van der Waals surface area contributed by atoms with Gasteiger partial charge in [0.15, 0.2) is 0 Å². The lowest BCUT2D eigenvalue weighted by molar-refractivity contribution is -0.139. The lowest BCUT2D eigenvalue weighted by Crippen LogP contribution is -2.55. The van der Waals surface area contributed by atoms with E-state index in [1.54, 1.807) is 0 Å². The van der Waals surface area contributed by atoms with Crippen LogP contribution >= 0.6 is 0 Å². The number of nitrogens with zero attached hydrogens (tertiary/aromatic N) is 6. The molecule has 0 aromatic carbocycles. The second-order valence-corrected chi connectivity index (χ2v) is 10.0. The summed E-state index contributed by atoms with van der Waals surface area (Å²) >= 11 is 0. The van der Waals surface area contributed by atoms with E-state index in [1.165, 1.54) is 0 Å². The molecule has 0 radical (unpaired) electrons. The van der Waals surface area contributed by atoms with Crippen molar-refractivity contribution < 1.29 is 9.59 Å². The number of likely N-dealkylation sites (tertiary alicyclic amines) is 2. The number of rotatable bonds is 4. The molecule has 0 N–H and O–H groups in total. The van der Waals surface area contributed by atoms with Crippen LogP contribution in [0, 0.1) is 11.8 Å². The van der Waals surface area contributed by atoms with Gasteiger partial charge in [0, 0.05) is 64.4 Å². The van der Waals surface area contributed by atoms with Gasteiger partial charge in [0.1, 0.15) is 0 Å². The third-order valence-electron chi connectivity index (χ3n) is 7.62. The standard InChI is InChI=1S/C24H40N6O2/c1-25-15-17-29(23(31)19-25)21-5-11-27(12-6-21)9-3-4-10-28-13-7-22(8-14-28)30-18-16-26(2)20-24(30)32/h21-22H,5-20H2,1-2H3.